The van der Waals surface area contributed by atoms with E-state index in [0.717, 1.165) is 10.6 Å². The van der Waals surface area contributed by atoms with Crippen LogP contribution in [0.1, 0.15) is 18.4 Å². The van der Waals surface area contributed by atoms with Crippen LogP contribution in [0.4, 0.5) is 5.69 Å². The minimum absolute atomic E-state index is 0.0281. The maximum atomic E-state index is 12.4. The van der Waals surface area contributed by atoms with Crippen molar-refractivity contribution >= 4 is 21.6 Å². The van der Waals surface area contributed by atoms with Gasteiger partial charge in [0.1, 0.15) is 11.9 Å². The van der Waals surface area contributed by atoms with Gasteiger partial charge in [-0.15, -0.1) is 0 Å². The predicted octanol–water partition coefficient (Wildman–Crippen LogP) is 0.549. The Balaban J connectivity index is 2.17. The summed E-state index contributed by atoms with van der Waals surface area (Å²) in [5.41, 5.74) is 0.483. The molecule has 1 heterocycles. The molecule has 134 valence electrons. The van der Waals surface area contributed by atoms with Crippen molar-refractivity contribution in [3.63, 3.8) is 0 Å². The molecule has 1 unspecified atom stereocenters. The highest BCUT2D eigenvalue weighted by Gasteiger charge is 2.28. The zero-order valence-corrected chi connectivity index (χ0v) is 15.0. The Hall–Kier alpha value is -2.68. The highest BCUT2D eigenvalue weighted by Crippen LogP contribution is 2.20. The van der Waals surface area contributed by atoms with Gasteiger partial charge in [-0.1, -0.05) is 18.2 Å². The van der Waals surface area contributed by atoms with Crippen LogP contribution in [0.3, 0.4) is 0 Å². The second-order valence-electron chi connectivity index (χ2n) is 5.61. The van der Waals surface area contributed by atoms with Gasteiger partial charge in [0.15, 0.2) is 0 Å². The van der Waals surface area contributed by atoms with Gasteiger partial charge >= 0.3 is 0 Å². The molecule has 0 aliphatic heterocycles. The molecule has 0 spiro atoms. The number of H-pyrrole nitrogens is 1. The third-order valence-corrected chi connectivity index (χ3v) is 4.70. The van der Waals surface area contributed by atoms with Crippen molar-refractivity contribution in [2.75, 3.05) is 10.6 Å². The van der Waals surface area contributed by atoms with E-state index < -0.39 is 22.0 Å². The third-order valence-electron chi connectivity index (χ3n) is 3.46. The lowest BCUT2D eigenvalue weighted by atomic mass is 10.2. The lowest BCUT2D eigenvalue weighted by molar-refractivity contribution is -0.122. The van der Waals surface area contributed by atoms with Gasteiger partial charge in [-0.2, -0.15) is 0 Å². The first-order valence-corrected chi connectivity index (χ1v) is 9.42. The summed E-state index contributed by atoms with van der Waals surface area (Å²) in [6.45, 7) is 3.16. The van der Waals surface area contributed by atoms with Crippen molar-refractivity contribution in [3.05, 3.63) is 58.3 Å². The Kier molecular flexibility index (Phi) is 5.58. The number of sulfonamides is 1. The largest absolute Gasteiger partial charge is 0.349 e. The Labute approximate surface area is 146 Å². The Bertz CT molecular complexity index is 909. The molecule has 8 nitrogen and oxygen atoms in total. The quantitative estimate of drug-likeness (QED) is 0.777. The lowest BCUT2D eigenvalue weighted by Gasteiger charge is -2.28. The van der Waals surface area contributed by atoms with Crippen LogP contribution in [0.15, 0.2) is 41.2 Å². The van der Waals surface area contributed by atoms with Gasteiger partial charge in [-0.25, -0.2) is 13.4 Å². The second-order valence-corrected chi connectivity index (χ2v) is 7.47. The number of anilines is 1. The minimum Gasteiger partial charge on any atom is -0.349 e. The molecule has 2 aromatic rings. The molecule has 0 saturated heterocycles. The van der Waals surface area contributed by atoms with E-state index in [1.807, 2.05) is 0 Å². The highest BCUT2D eigenvalue weighted by atomic mass is 32.2. The number of amides is 1. The fourth-order valence-electron chi connectivity index (χ4n) is 2.44. The summed E-state index contributed by atoms with van der Waals surface area (Å²) >= 11 is 0. The van der Waals surface area contributed by atoms with Crippen LogP contribution < -0.4 is 15.2 Å². The minimum atomic E-state index is -3.66. The van der Waals surface area contributed by atoms with Crippen molar-refractivity contribution in [3.8, 4) is 0 Å². The van der Waals surface area contributed by atoms with Crippen LogP contribution in [0.2, 0.25) is 0 Å². The topological polar surface area (TPSA) is 112 Å². The normalized spacial score (nSPS) is 12.4. The van der Waals surface area contributed by atoms with E-state index in [4.69, 9.17) is 0 Å². The van der Waals surface area contributed by atoms with Gasteiger partial charge in [0.05, 0.1) is 24.2 Å². The SMILES string of the molecule is Cc1nc(CNC(=O)C(C)N(c2ccccc2)S(C)(=O)=O)cc(=O)[nH]1. The van der Waals surface area contributed by atoms with E-state index in [0.29, 0.717) is 17.2 Å². The van der Waals surface area contributed by atoms with Crippen LogP contribution in [0.25, 0.3) is 0 Å². The summed E-state index contributed by atoms with van der Waals surface area (Å²) in [5, 5.41) is 2.62. The van der Waals surface area contributed by atoms with Crippen LogP contribution in [-0.2, 0) is 21.4 Å². The first-order chi connectivity index (χ1) is 11.7. The number of rotatable bonds is 6. The van der Waals surface area contributed by atoms with E-state index in [2.05, 4.69) is 15.3 Å². The van der Waals surface area contributed by atoms with Crippen LogP contribution in [0.5, 0.6) is 0 Å². The average Bonchev–Trinajstić information content (AvgIpc) is 2.51. The summed E-state index contributed by atoms with van der Waals surface area (Å²) < 4.78 is 25.3. The molecular formula is C16H20N4O4S. The maximum Gasteiger partial charge on any atom is 0.251 e. The smallest absolute Gasteiger partial charge is 0.251 e. The average molecular weight is 364 g/mol. The zero-order valence-electron chi connectivity index (χ0n) is 14.2. The number of carbonyl (C=O) groups is 1. The van der Waals surface area contributed by atoms with E-state index in [9.17, 15) is 18.0 Å². The number of hydrogen-bond donors (Lipinski definition) is 2. The lowest BCUT2D eigenvalue weighted by Crippen LogP contribution is -2.47. The number of carbonyl (C=O) groups excluding carboxylic acids is 1. The fourth-order valence-corrected chi connectivity index (χ4v) is 3.62. The third kappa shape index (κ3) is 4.90. The fraction of sp³-hybridized carbons (Fsp3) is 0.312. The molecule has 1 aromatic carbocycles. The van der Waals surface area contributed by atoms with Crippen molar-refractivity contribution in [2.24, 2.45) is 0 Å². The van der Waals surface area contributed by atoms with Crippen molar-refractivity contribution in [1.82, 2.24) is 15.3 Å². The molecule has 1 aromatic heterocycles. The number of aromatic nitrogens is 2. The molecule has 0 aliphatic rings. The van der Waals surface area contributed by atoms with Crippen molar-refractivity contribution in [1.29, 1.82) is 0 Å². The van der Waals surface area contributed by atoms with Crippen LogP contribution in [0, 0.1) is 6.92 Å². The number of hydrogen-bond acceptors (Lipinski definition) is 5. The number of nitrogens with zero attached hydrogens (tertiary/aromatic N) is 2. The van der Waals surface area contributed by atoms with E-state index >= 15 is 0 Å². The van der Waals surface area contributed by atoms with Gasteiger partial charge in [-0.3, -0.25) is 13.9 Å². The first kappa shape index (κ1) is 18.7. The summed E-state index contributed by atoms with van der Waals surface area (Å²) in [5.74, 6) is -0.0548. The summed E-state index contributed by atoms with van der Waals surface area (Å²) in [6, 6.07) is 8.71. The van der Waals surface area contributed by atoms with Gasteiger partial charge in [-0.05, 0) is 26.0 Å². The highest BCUT2D eigenvalue weighted by molar-refractivity contribution is 7.92. The number of aryl methyl sites for hydroxylation is 1. The molecule has 1 atom stereocenters. The van der Waals surface area contributed by atoms with Crippen molar-refractivity contribution < 1.29 is 13.2 Å². The van der Waals surface area contributed by atoms with Crippen molar-refractivity contribution in [2.45, 2.75) is 26.4 Å². The zero-order chi connectivity index (χ0) is 18.6. The van der Waals surface area contributed by atoms with E-state index in [-0.39, 0.29) is 12.1 Å². The van der Waals surface area contributed by atoms with Crippen LogP contribution in [-0.4, -0.2) is 36.6 Å². The second kappa shape index (κ2) is 7.47. The molecule has 9 heteroatoms. The molecular weight excluding hydrogens is 344 g/mol. The van der Waals surface area contributed by atoms with Gasteiger partial charge in [0.2, 0.25) is 15.9 Å². The number of para-hydroxylation sites is 1. The Morgan fingerprint density at radius 3 is 2.52 bits per heavy atom. The number of benzene rings is 1. The van der Waals surface area contributed by atoms with Gasteiger partial charge in [0, 0.05) is 6.07 Å². The van der Waals surface area contributed by atoms with Gasteiger partial charge in [0.25, 0.3) is 5.56 Å². The molecule has 25 heavy (non-hydrogen) atoms. The molecule has 0 radical (unpaired) electrons. The number of nitrogens with one attached hydrogen (secondary N) is 2. The molecule has 1 amide bonds. The Morgan fingerprint density at radius 1 is 1.32 bits per heavy atom. The standard InChI is InChI=1S/C16H20N4O4S/c1-11(20(25(3,23)24)14-7-5-4-6-8-14)16(22)17-10-13-9-15(21)19-12(2)18-13/h4-9,11H,10H2,1-3H3,(H,17,22)(H,18,19,21). The molecule has 2 N–H and O–H groups in total. The molecule has 0 bridgehead atoms. The molecule has 0 aliphatic carbocycles. The van der Waals surface area contributed by atoms with Crippen LogP contribution >= 0.6 is 0 Å². The molecule has 0 saturated carbocycles. The first-order valence-electron chi connectivity index (χ1n) is 7.57. The summed E-state index contributed by atoms with van der Waals surface area (Å²) in [4.78, 5) is 30.5. The molecule has 0 fully saturated rings. The summed E-state index contributed by atoms with van der Waals surface area (Å²) in [7, 11) is -3.66. The van der Waals surface area contributed by atoms with E-state index in [1.165, 1.54) is 13.0 Å². The molecule has 2 rings (SSSR count). The Morgan fingerprint density at radius 2 is 1.96 bits per heavy atom. The van der Waals surface area contributed by atoms with Gasteiger partial charge < -0.3 is 10.3 Å². The van der Waals surface area contributed by atoms with E-state index in [1.54, 1.807) is 37.3 Å². The monoisotopic (exact) mass is 364 g/mol. The maximum absolute atomic E-state index is 12.4. The predicted molar refractivity (Wildman–Crippen MR) is 94.7 cm³/mol. The number of aromatic amines is 1. The summed E-state index contributed by atoms with van der Waals surface area (Å²) in [6.07, 6.45) is 1.05.